The molecule has 0 radical (unpaired) electrons. The lowest BCUT2D eigenvalue weighted by molar-refractivity contribution is -0.0213. The van der Waals surface area contributed by atoms with Gasteiger partial charge in [-0.2, -0.15) is 0 Å². The molecule has 0 spiro atoms. The van der Waals surface area contributed by atoms with Gasteiger partial charge >= 0.3 is 6.09 Å². The molecule has 0 unspecified atom stereocenters. The highest BCUT2D eigenvalue weighted by molar-refractivity contribution is 5.79. The highest BCUT2D eigenvalue weighted by Crippen LogP contribution is 2.44. The first-order chi connectivity index (χ1) is 20.8. The summed E-state index contributed by atoms with van der Waals surface area (Å²) < 4.78 is 43.2. The first-order valence-corrected chi connectivity index (χ1v) is 14.5. The summed E-state index contributed by atoms with van der Waals surface area (Å²) in [6.07, 6.45) is -0.451. The summed E-state index contributed by atoms with van der Waals surface area (Å²) in [4.78, 5) is 12.2. The van der Waals surface area contributed by atoms with Gasteiger partial charge in [0.2, 0.25) is 0 Å². The van der Waals surface area contributed by atoms with Crippen LogP contribution in [0.4, 0.5) is 4.79 Å². The number of benzene rings is 2. The van der Waals surface area contributed by atoms with Gasteiger partial charge in [0.05, 0.1) is 99.1 Å². The zero-order valence-electron chi connectivity index (χ0n) is 24.3. The average molecular weight is 592 g/mol. The lowest BCUT2D eigenvalue weighted by Gasteiger charge is -2.14. The average Bonchev–Trinajstić information content (AvgIpc) is 3.34. The lowest BCUT2D eigenvalue weighted by atomic mass is 9.98. The Morgan fingerprint density at radius 1 is 0.571 bits per heavy atom. The molecule has 0 atom stereocenters. The van der Waals surface area contributed by atoms with Crippen molar-refractivity contribution in [2.24, 2.45) is 0 Å². The molecule has 11 heteroatoms. The Labute approximate surface area is 248 Å². The number of rotatable bonds is 25. The van der Waals surface area contributed by atoms with E-state index in [1.54, 1.807) is 0 Å². The number of carbonyl (C=O) groups excluding carboxylic acids is 1. The second-order valence-electron chi connectivity index (χ2n) is 9.26. The van der Waals surface area contributed by atoms with Crippen molar-refractivity contribution in [2.45, 2.75) is 5.92 Å². The molecule has 42 heavy (non-hydrogen) atoms. The van der Waals surface area contributed by atoms with Crippen molar-refractivity contribution in [3.05, 3.63) is 59.7 Å². The minimum atomic E-state index is -0.451. The van der Waals surface area contributed by atoms with Crippen LogP contribution >= 0.6 is 0 Å². The molecule has 2 N–H and O–H groups in total. The number of fused-ring (bicyclic) bond motifs is 3. The van der Waals surface area contributed by atoms with Crippen molar-refractivity contribution in [1.29, 1.82) is 0 Å². The number of alkyl carbamates (subject to hydrolysis) is 1. The largest absolute Gasteiger partial charge is 0.449 e. The van der Waals surface area contributed by atoms with Crippen LogP contribution in [0, 0.1) is 0 Å². The molecule has 0 aromatic heterocycles. The van der Waals surface area contributed by atoms with E-state index in [9.17, 15) is 4.79 Å². The Bertz CT molecular complexity index is 946. The van der Waals surface area contributed by atoms with E-state index in [1.807, 2.05) is 24.3 Å². The van der Waals surface area contributed by atoms with E-state index in [0.717, 1.165) is 0 Å². The molecule has 0 saturated heterocycles. The van der Waals surface area contributed by atoms with E-state index < -0.39 is 6.09 Å². The van der Waals surface area contributed by atoms with E-state index in [4.69, 9.17) is 43.0 Å². The van der Waals surface area contributed by atoms with Crippen LogP contribution in [0.2, 0.25) is 0 Å². The molecule has 1 aliphatic rings. The minimum Gasteiger partial charge on any atom is -0.449 e. The van der Waals surface area contributed by atoms with Crippen LogP contribution in [0.3, 0.4) is 0 Å². The summed E-state index contributed by atoms with van der Waals surface area (Å²) in [6.45, 7) is 7.09. The van der Waals surface area contributed by atoms with Gasteiger partial charge < -0.3 is 48.3 Å². The molecule has 0 bridgehead atoms. The number of aliphatic hydroxyl groups is 1. The van der Waals surface area contributed by atoms with Crippen molar-refractivity contribution < 1.29 is 47.8 Å². The zero-order valence-corrected chi connectivity index (χ0v) is 24.3. The van der Waals surface area contributed by atoms with E-state index in [0.29, 0.717) is 99.0 Å². The predicted octanol–water partition coefficient (Wildman–Crippen LogP) is 2.63. The van der Waals surface area contributed by atoms with Crippen LogP contribution in [-0.2, 0) is 37.9 Å². The molecule has 0 heterocycles. The maximum absolute atomic E-state index is 12.2. The molecule has 1 amide bonds. The van der Waals surface area contributed by atoms with Gasteiger partial charge in [0.15, 0.2) is 0 Å². The van der Waals surface area contributed by atoms with Crippen LogP contribution in [0.5, 0.6) is 0 Å². The normalized spacial score (nSPS) is 12.3. The molecule has 234 valence electrons. The Morgan fingerprint density at radius 3 is 1.38 bits per heavy atom. The van der Waals surface area contributed by atoms with Gasteiger partial charge in [-0.05, 0) is 22.3 Å². The van der Waals surface area contributed by atoms with Crippen LogP contribution in [0.1, 0.15) is 17.0 Å². The smallest absolute Gasteiger partial charge is 0.407 e. The highest BCUT2D eigenvalue weighted by Gasteiger charge is 2.28. The summed E-state index contributed by atoms with van der Waals surface area (Å²) in [5.41, 5.74) is 4.78. The molecule has 0 aliphatic heterocycles. The number of nitrogens with one attached hydrogen (secondary N) is 1. The summed E-state index contributed by atoms with van der Waals surface area (Å²) >= 11 is 0. The number of amides is 1. The summed E-state index contributed by atoms with van der Waals surface area (Å²) in [5, 5.41) is 11.3. The van der Waals surface area contributed by atoms with E-state index >= 15 is 0 Å². The second kappa shape index (κ2) is 22.0. The monoisotopic (exact) mass is 591 g/mol. The number of carbonyl (C=O) groups is 1. The molecule has 11 nitrogen and oxygen atoms in total. The Kier molecular flexibility index (Phi) is 17.8. The quantitative estimate of drug-likeness (QED) is 0.167. The number of hydrogen-bond acceptors (Lipinski definition) is 10. The molecular formula is C31H45NO10. The molecule has 0 fully saturated rings. The third-order valence-corrected chi connectivity index (χ3v) is 6.33. The Morgan fingerprint density at radius 2 is 0.952 bits per heavy atom. The fraction of sp³-hybridized carbons (Fsp3) is 0.581. The third kappa shape index (κ3) is 13.1. The topological polar surface area (TPSA) is 123 Å². The van der Waals surface area contributed by atoms with Crippen molar-refractivity contribution in [3.8, 4) is 11.1 Å². The van der Waals surface area contributed by atoms with Crippen LogP contribution in [-0.4, -0.2) is 123 Å². The standard InChI is InChI=1S/C31H45NO10/c33-10-12-36-14-16-38-18-20-40-22-24-41-23-21-39-19-17-37-15-13-35-11-9-32-31(34)42-25-30-28-7-3-1-5-26(28)27-6-2-4-8-29(27)30/h1-8,30,33H,9-25H2,(H,32,34). The van der Waals surface area contributed by atoms with Gasteiger partial charge in [-0.1, -0.05) is 48.5 Å². The number of ether oxygens (including phenoxy) is 8. The predicted molar refractivity (Wildman–Crippen MR) is 156 cm³/mol. The van der Waals surface area contributed by atoms with Crippen LogP contribution < -0.4 is 5.32 Å². The Hall–Kier alpha value is -2.61. The van der Waals surface area contributed by atoms with Gasteiger partial charge in [0.1, 0.15) is 6.61 Å². The van der Waals surface area contributed by atoms with Crippen molar-refractivity contribution in [2.75, 3.05) is 112 Å². The van der Waals surface area contributed by atoms with E-state index in [2.05, 4.69) is 29.6 Å². The fourth-order valence-corrected chi connectivity index (χ4v) is 4.36. The van der Waals surface area contributed by atoms with E-state index in [-0.39, 0.29) is 19.1 Å². The van der Waals surface area contributed by atoms with Gasteiger partial charge in [-0.15, -0.1) is 0 Å². The first kappa shape index (κ1) is 33.9. The number of aliphatic hydroxyl groups excluding tert-OH is 1. The van der Waals surface area contributed by atoms with Crippen molar-refractivity contribution in [1.82, 2.24) is 5.32 Å². The van der Waals surface area contributed by atoms with Crippen LogP contribution in [0.25, 0.3) is 11.1 Å². The van der Waals surface area contributed by atoms with Crippen molar-refractivity contribution >= 4 is 6.09 Å². The SMILES string of the molecule is O=C(NCCOCCOCCOCCOCCOCCOCCOCCO)OCC1c2ccccc2-c2ccccc21. The van der Waals surface area contributed by atoms with Crippen LogP contribution in [0.15, 0.2) is 48.5 Å². The van der Waals surface area contributed by atoms with E-state index in [1.165, 1.54) is 22.3 Å². The highest BCUT2D eigenvalue weighted by atomic mass is 16.6. The lowest BCUT2D eigenvalue weighted by Crippen LogP contribution is -2.29. The maximum atomic E-state index is 12.2. The van der Waals surface area contributed by atoms with Gasteiger partial charge in [0.25, 0.3) is 0 Å². The minimum absolute atomic E-state index is 0.0212. The fourth-order valence-electron chi connectivity index (χ4n) is 4.36. The summed E-state index contributed by atoms with van der Waals surface area (Å²) in [7, 11) is 0. The second-order valence-corrected chi connectivity index (χ2v) is 9.26. The summed E-state index contributed by atoms with van der Waals surface area (Å²) in [5.74, 6) is 0.0413. The third-order valence-electron chi connectivity index (χ3n) is 6.33. The molecule has 0 saturated carbocycles. The number of hydrogen-bond donors (Lipinski definition) is 2. The maximum Gasteiger partial charge on any atom is 0.407 e. The molecule has 1 aliphatic carbocycles. The molecular weight excluding hydrogens is 546 g/mol. The Balaban J connectivity index is 1.05. The molecule has 2 aromatic rings. The first-order valence-electron chi connectivity index (χ1n) is 14.5. The summed E-state index contributed by atoms with van der Waals surface area (Å²) in [6, 6.07) is 16.5. The van der Waals surface area contributed by atoms with Gasteiger partial charge in [-0.3, -0.25) is 0 Å². The van der Waals surface area contributed by atoms with Crippen molar-refractivity contribution in [3.63, 3.8) is 0 Å². The van der Waals surface area contributed by atoms with Gasteiger partial charge in [0, 0.05) is 12.5 Å². The zero-order chi connectivity index (χ0) is 29.5. The molecule has 3 rings (SSSR count). The van der Waals surface area contributed by atoms with Gasteiger partial charge in [-0.25, -0.2) is 4.79 Å². The molecule has 2 aromatic carbocycles.